The number of nitrogens with one attached hydrogen (secondary N) is 2. The first kappa shape index (κ1) is 40.7. The Bertz CT molecular complexity index is 2200. The Kier molecular flexibility index (Phi) is 11.2. The Labute approximate surface area is 341 Å². The third kappa shape index (κ3) is 7.73. The molecule has 3 fully saturated rings. The normalized spacial score (nSPS) is 22.5. The van der Waals surface area contributed by atoms with Crippen LogP contribution < -0.4 is 25.0 Å². The van der Waals surface area contributed by atoms with Crippen LogP contribution in [0, 0.1) is 28.0 Å². The van der Waals surface area contributed by atoms with Gasteiger partial charge in [-0.15, -0.1) is 0 Å². The van der Waals surface area contributed by atoms with Crippen molar-refractivity contribution in [2.75, 3.05) is 44.2 Å². The molecule has 2 saturated heterocycles. The third-order valence-corrected chi connectivity index (χ3v) is 12.2. The molecular weight excluding hydrogens is 767 g/mol. The maximum absolute atomic E-state index is 15.5. The minimum Gasteiger partial charge on any atom is -0.494 e. The van der Waals surface area contributed by atoms with Crippen LogP contribution in [-0.2, 0) is 9.59 Å². The van der Waals surface area contributed by atoms with Crippen molar-refractivity contribution in [2.45, 2.75) is 71.6 Å². The van der Waals surface area contributed by atoms with E-state index < -0.39 is 52.2 Å². The van der Waals surface area contributed by atoms with E-state index in [1.165, 1.54) is 18.2 Å². The molecule has 1 aliphatic carbocycles. The highest BCUT2D eigenvalue weighted by molar-refractivity contribution is 6.31. The van der Waals surface area contributed by atoms with Gasteiger partial charge in [-0.05, 0) is 74.3 Å². The summed E-state index contributed by atoms with van der Waals surface area (Å²) in [6.07, 6.45) is 1.50. The fourth-order valence-electron chi connectivity index (χ4n) is 9.09. The molecule has 4 aliphatic rings. The molecule has 2 N–H and O–H groups in total. The van der Waals surface area contributed by atoms with Crippen LogP contribution in [0.1, 0.15) is 90.0 Å². The van der Waals surface area contributed by atoms with E-state index in [4.69, 9.17) is 21.1 Å². The minimum atomic E-state index is -1.02. The van der Waals surface area contributed by atoms with Crippen molar-refractivity contribution in [3.63, 3.8) is 0 Å². The lowest BCUT2D eigenvalue weighted by atomic mass is 9.49. The van der Waals surface area contributed by atoms with Gasteiger partial charge in [-0.2, -0.15) is 5.26 Å². The van der Waals surface area contributed by atoms with Gasteiger partial charge in [0.15, 0.2) is 0 Å². The second-order valence-corrected chi connectivity index (χ2v) is 16.9. The zero-order valence-electron chi connectivity index (χ0n) is 32.9. The number of anilines is 1. The van der Waals surface area contributed by atoms with Crippen molar-refractivity contribution in [1.29, 1.82) is 5.26 Å². The fraction of sp³-hybridized carbons (Fsp3) is 0.442. The van der Waals surface area contributed by atoms with Gasteiger partial charge in [0.1, 0.15) is 35.5 Å². The van der Waals surface area contributed by atoms with Crippen molar-refractivity contribution in [1.82, 2.24) is 20.4 Å². The topological polar surface area (TPSA) is 161 Å². The molecule has 0 radical (unpaired) electrons. The Morgan fingerprint density at radius 3 is 2.31 bits per heavy atom. The Morgan fingerprint density at radius 1 is 0.931 bits per heavy atom. The molecule has 3 heterocycles. The predicted molar refractivity (Wildman–Crippen MR) is 212 cm³/mol. The number of ether oxygens (including phenoxy) is 2. The summed E-state index contributed by atoms with van der Waals surface area (Å²) in [5.74, 6) is -2.29. The zero-order valence-corrected chi connectivity index (χ0v) is 33.7. The van der Waals surface area contributed by atoms with E-state index in [1.807, 2.05) is 33.8 Å². The number of carbonyl (C=O) groups is 5. The van der Waals surface area contributed by atoms with Crippen LogP contribution in [0.2, 0.25) is 5.02 Å². The first-order chi connectivity index (χ1) is 27.6. The van der Waals surface area contributed by atoms with E-state index >= 15 is 4.39 Å². The fourth-order valence-corrected chi connectivity index (χ4v) is 9.30. The molecule has 3 aliphatic heterocycles. The highest BCUT2D eigenvalue weighted by Crippen LogP contribution is 2.55. The molecule has 3 aromatic rings. The zero-order chi connectivity index (χ0) is 41.5. The highest BCUT2D eigenvalue weighted by atomic mass is 35.5. The average Bonchev–Trinajstić information content (AvgIpc) is 3.43. The molecule has 304 valence electrons. The van der Waals surface area contributed by atoms with Gasteiger partial charge >= 0.3 is 0 Å². The van der Waals surface area contributed by atoms with E-state index in [1.54, 1.807) is 36.4 Å². The second kappa shape index (κ2) is 16.0. The van der Waals surface area contributed by atoms with Gasteiger partial charge in [0.2, 0.25) is 11.8 Å². The molecule has 5 amide bonds. The van der Waals surface area contributed by atoms with Crippen molar-refractivity contribution in [3.05, 3.63) is 87.7 Å². The molecule has 13 nitrogen and oxygen atoms in total. The van der Waals surface area contributed by atoms with Crippen LogP contribution in [-0.4, -0.2) is 96.9 Å². The van der Waals surface area contributed by atoms with Crippen molar-refractivity contribution >= 4 is 46.8 Å². The van der Waals surface area contributed by atoms with Gasteiger partial charge in [0.25, 0.3) is 17.7 Å². The summed E-state index contributed by atoms with van der Waals surface area (Å²) in [6, 6.07) is 15.1. The van der Waals surface area contributed by atoms with Crippen LogP contribution in [0.25, 0.3) is 0 Å². The monoisotopic (exact) mass is 812 g/mol. The van der Waals surface area contributed by atoms with Crippen molar-refractivity contribution in [3.8, 4) is 17.6 Å². The lowest BCUT2D eigenvalue weighted by Gasteiger charge is -2.63. The van der Waals surface area contributed by atoms with E-state index in [0.29, 0.717) is 41.8 Å². The van der Waals surface area contributed by atoms with Gasteiger partial charge in [0.05, 0.1) is 33.9 Å². The van der Waals surface area contributed by atoms with Gasteiger partial charge in [0, 0.05) is 61.2 Å². The Hall–Kier alpha value is -5.52. The number of piperidine rings is 1. The van der Waals surface area contributed by atoms with Crippen LogP contribution in [0.4, 0.5) is 10.1 Å². The van der Waals surface area contributed by atoms with Crippen molar-refractivity contribution < 1.29 is 37.8 Å². The number of amides is 5. The first-order valence-corrected chi connectivity index (χ1v) is 19.9. The molecule has 15 heteroatoms. The number of benzene rings is 3. The molecule has 1 atom stereocenters. The van der Waals surface area contributed by atoms with Crippen LogP contribution in [0.15, 0.2) is 54.6 Å². The number of fused-ring (bicyclic) bond motifs is 1. The highest BCUT2D eigenvalue weighted by Gasteiger charge is 2.64. The van der Waals surface area contributed by atoms with E-state index in [-0.39, 0.29) is 41.7 Å². The molecule has 1 unspecified atom stereocenters. The summed E-state index contributed by atoms with van der Waals surface area (Å²) in [4.78, 5) is 68.7. The average molecular weight is 813 g/mol. The molecular formula is C43H46ClFN6O7. The summed E-state index contributed by atoms with van der Waals surface area (Å²) in [5, 5.41) is 14.8. The van der Waals surface area contributed by atoms with Gasteiger partial charge in [-0.3, -0.25) is 39.1 Å². The van der Waals surface area contributed by atoms with Crippen LogP contribution in [0.5, 0.6) is 11.5 Å². The summed E-state index contributed by atoms with van der Waals surface area (Å²) >= 11 is 6.22. The largest absolute Gasteiger partial charge is 0.494 e. The SMILES string of the molecule is CC1(C)C(NC(=O)c2ccc(N3CCN(CCCCOc4ccc5c(c4)C(=O)N(C4CCC(=O)NC4=O)C5=O)CC3)cc2F)C(C)(C)C1Oc1ccc(C#N)c(Cl)c1. The number of piperazine rings is 1. The summed E-state index contributed by atoms with van der Waals surface area (Å²) in [5.41, 5.74) is 0.471. The van der Waals surface area contributed by atoms with E-state index in [9.17, 15) is 29.2 Å². The van der Waals surface area contributed by atoms with Gasteiger partial charge in [-0.1, -0.05) is 39.3 Å². The maximum atomic E-state index is 15.5. The predicted octanol–water partition coefficient (Wildman–Crippen LogP) is 5.35. The maximum Gasteiger partial charge on any atom is 0.262 e. The number of hydrogen-bond acceptors (Lipinski definition) is 10. The van der Waals surface area contributed by atoms with Crippen molar-refractivity contribution in [2.24, 2.45) is 10.8 Å². The molecule has 7 rings (SSSR count). The Balaban J connectivity index is 0.843. The van der Waals surface area contributed by atoms with Gasteiger partial charge in [-0.25, -0.2) is 4.39 Å². The standard InChI is InChI=1S/C43H46ClFN6O7/c1-42(2)40(43(3,4)41(42)58-28-9-7-25(24-46)32(44)23-28)48-36(53)30-11-8-26(21-33(30)45)50-18-16-49(17-19-50)15-5-6-20-57-27-10-12-29-31(22-27)39(56)51(38(29)55)34-13-14-35(52)47-37(34)54/h7-12,21-23,34,40-41H,5-6,13-20H2,1-4H3,(H,48,53)(H,47,52,54). The molecule has 0 spiro atoms. The number of hydrogen-bond donors (Lipinski definition) is 2. The number of halogens is 2. The third-order valence-electron chi connectivity index (χ3n) is 11.9. The molecule has 3 aromatic carbocycles. The lowest BCUT2D eigenvalue weighted by molar-refractivity contribution is -0.164. The van der Waals surface area contributed by atoms with Gasteiger partial charge < -0.3 is 19.7 Å². The second-order valence-electron chi connectivity index (χ2n) is 16.5. The summed E-state index contributed by atoms with van der Waals surface area (Å²) < 4.78 is 27.7. The molecule has 0 aromatic heterocycles. The number of nitrogens with zero attached hydrogens (tertiary/aromatic N) is 4. The summed E-state index contributed by atoms with van der Waals surface area (Å²) in [6.45, 7) is 12.2. The minimum absolute atomic E-state index is 0.0198. The lowest BCUT2D eigenvalue weighted by Crippen LogP contribution is -2.74. The molecule has 0 bridgehead atoms. The Morgan fingerprint density at radius 2 is 1.64 bits per heavy atom. The molecule has 58 heavy (non-hydrogen) atoms. The molecule has 1 saturated carbocycles. The quantitative estimate of drug-likeness (QED) is 0.180. The number of imide groups is 2. The number of carbonyl (C=O) groups excluding carboxylic acids is 5. The van der Waals surface area contributed by atoms with Crippen LogP contribution >= 0.6 is 11.6 Å². The number of unbranched alkanes of at least 4 members (excludes halogenated alkanes) is 1. The smallest absolute Gasteiger partial charge is 0.262 e. The number of nitriles is 1. The first-order valence-electron chi connectivity index (χ1n) is 19.5. The summed E-state index contributed by atoms with van der Waals surface area (Å²) in [7, 11) is 0. The van der Waals surface area contributed by atoms with Crippen LogP contribution in [0.3, 0.4) is 0 Å². The number of rotatable bonds is 12. The van der Waals surface area contributed by atoms with E-state index in [0.717, 1.165) is 43.1 Å². The van der Waals surface area contributed by atoms with E-state index in [2.05, 4.69) is 20.4 Å².